The molecule has 1 aliphatic heterocycles. The lowest BCUT2D eigenvalue weighted by atomic mass is 9.97. The van der Waals surface area contributed by atoms with E-state index in [1.807, 2.05) is 32.0 Å². The van der Waals surface area contributed by atoms with E-state index in [9.17, 15) is 0 Å². The highest BCUT2D eigenvalue weighted by atomic mass is 16.7. The highest BCUT2D eigenvalue weighted by molar-refractivity contribution is 5.90. The van der Waals surface area contributed by atoms with Crippen LogP contribution < -0.4 is 10.5 Å². The molecule has 28 heavy (non-hydrogen) atoms. The third kappa shape index (κ3) is 3.55. The fourth-order valence-electron chi connectivity index (χ4n) is 3.45. The number of nitrogens with two attached hydrogens (primary N) is 1. The third-order valence-electron chi connectivity index (χ3n) is 4.57. The van der Waals surface area contributed by atoms with Crippen molar-refractivity contribution in [2.24, 2.45) is 0 Å². The minimum absolute atomic E-state index is 0.00796. The maximum absolute atomic E-state index is 5.98. The van der Waals surface area contributed by atoms with Crippen LogP contribution in [0.3, 0.4) is 0 Å². The van der Waals surface area contributed by atoms with Crippen LogP contribution in [0.1, 0.15) is 44.6 Å². The van der Waals surface area contributed by atoms with Gasteiger partial charge in [-0.1, -0.05) is 19.4 Å². The highest BCUT2D eigenvalue weighted by Crippen LogP contribution is 2.38. The number of pyridine rings is 1. The smallest absolute Gasteiger partial charge is 0.293 e. The zero-order chi connectivity index (χ0) is 19.7. The Labute approximate surface area is 163 Å². The van der Waals surface area contributed by atoms with Gasteiger partial charge in [0, 0.05) is 17.3 Å². The predicted octanol–water partition coefficient (Wildman–Crippen LogP) is 4.26. The number of aryl methyl sites for hydroxylation is 1. The quantitative estimate of drug-likeness (QED) is 0.680. The number of anilines is 1. The van der Waals surface area contributed by atoms with Gasteiger partial charge in [-0.05, 0) is 38.0 Å². The number of fused-ring (bicyclic) bond motifs is 1. The summed E-state index contributed by atoms with van der Waals surface area (Å²) < 4.78 is 22.7. The lowest BCUT2D eigenvalue weighted by Gasteiger charge is -2.15. The molecule has 3 heterocycles. The van der Waals surface area contributed by atoms with Crippen LogP contribution in [0.4, 0.5) is 6.01 Å². The Balaban J connectivity index is 1.83. The SMILES string of the molecule is CCCc1c(-c2ccc(C3OCCO3)cn2)cc(OC(C)C)c2oc(N)nc12. The maximum Gasteiger partial charge on any atom is 0.293 e. The third-order valence-corrected chi connectivity index (χ3v) is 4.57. The van der Waals surface area contributed by atoms with Crippen molar-refractivity contribution in [2.75, 3.05) is 18.9 Å². The maximum atomic E-state index is 5.98. The average molecular weight is 383 g/mol. The Bertz CT molecular complexity index is 960. The van der Waals surface area contributed by atoms with Gasteiger partial charge in [-0.15, -0.1) is 0 Å². The Morgan fingerprint density at radius 2 is 2.04 bits per heavy atom. The van der Waals surface area contributed by atoms with Crippen LogP contribution in [0.25, 0.3) is 22.4 Å². The Hall–Kier alpha value is -2.64. The number of hydrogen-bond donors (Lipinski definition) is 1. The zero-order valence-corrected chi connectivity index (χ0v) is 16.4. The lowest BCUT2D eigenvalue weighted by Crippen LogP contribution is -2.07. The van der Waals surface area contributed by atoms with E-state index < -0.39 is 0 Å². The fourth-order valence-corrected chi connectivity index (χ4v) is 3.45. The molecule has 7 nitrogen and oxygen atoms in total. The monoisotopic (exact) mass is 383 g/mol. The molecule has 3 aromatic rings. The van der Waals surface area contributed by atoms with Crippen LogP contribution in [-0.4, -0.2) is 29.3 Å². The topological polar surface area (TPSA) is 92.6 Å². The van der Waals surface area contributed by atoms with E-state index in [2.05, 4.69) is 16.9 Å². The van der Waals surface area contributed by atoms with Crippen LogP contribution in [0.15, 0.2) is 28.8 Å². The number of nitrogens with zero attached hydrogens (tertiary/aromatic N) is 2. The molecule has 1 aliphatic rings. The minimum Gasteiger partial charge on any atom is -0.487 e. The predicted molar refractivity (Wildman–Crippen MR) is 106 cm³/mol. The Kier molecular flexibility index (Phi) is 5.19. The molecule has 1 fully saturated rings. The molecule has 148 valence electrons. The summed E-state index contributed by atoms with van der Waals surface area (Å²) in [7, 11) is 0. The summed E-state index contributed by atoms with van der Waals surface area (Å²) in [6.45, 7) is 7.28. The summed E-state index contributed by atoms with van der Waals surface area (Å²) >= 11 is 0. The molecule has 0 spiro atoms. The summed E-state index contributed by atoms with van der Waals surface area (Å²) in [5.74, 6) is 0.623. The van der Waals surface area contributed by atoms with Crippen molar-refractivity contribution >= 4 is 17.1 Å². The number of hydrogen-bond acceptors (Lipinski definition) is 7. The van der Waals surface area contributed by atoms with E-state index >= 15 is 0 Å². The molecule has 2 N–H and O–H groups in total. The van der Waals surface area contributed by atoms with E-state index in [1.165, 1.54) is 0 Å². The number of benzene rings is 1. The molecule has 0 bridgehead atoms. The molecule has 0 aliphatic carbocycles. The van der Waals surface area contributed by atoms with Gasteiger partial charge in [0.1, 0.15) is 5.52 Å². The normalized spacial score (nSPS) is 15.0. The van der Waals surface area contributed by atoms with Gasteiger partial charge in [0.15, 0.2) is 17.6 Å². The lowest BCUT2D eigenvalue weighted by molar-refractivity contribution is -0.0443. The van der Waals surface area contributed by atoms with Crippen molar-refractivity contribution in [2.45, 2.75) is 46.0 Å². The Morgan fingerprint density at radius 1 is 1.25 bits per heavy atom. The van der Waals surface area contributed by atoms with Gasteiger partial charge in [-0.2, -0.15) is 4.98 Å². The van der Waals surface area contributed by atoms with Crippen LogP contribution in [-0.2, 0) is 15.9 Å². The van der Waals surface area contributed by atoms with Crippen molar-refractivity contribution in [1.29, 1.82) is 0 Å². The van der Waals surface area contributed by atoms with Crippen molar-refractivity contribution in [3.63, 3.8) is 0 Å². The number of oxazole rings is 1. The van der Waals surface area contributed by atoms with Gasteiger partial charge >= 0.3 is 0 Å². The van der Waals surface area contributed by atoms with E-state index in [0.717, 1.165) is 40.7 Å². The van der Waals surface area contributed by atoms with Crippen molar-refractivity contribution in [1.82, 2.24) is 9.97 Å². The van der Waals surface area contributed by atoms with E-state index in [-0.39, 0.29) is 18.4 Å². The first-order chi connectivity index (χ1) is 13.6. The van der Waals surface area contributed by atoms with Crippen LogP contribution in [0.5, 0.6) is 5.75 Å². The van der Waals surface area contributed by atoms with Crippen LogP contribution in [0.2, 0.25) is 0 Å². The molecule has 1 aromatic carbocycles. The molecule has 7 heteroatoms. The number of rotatable bonds is 6. The van der Waals surface area contributed by atoms with Gasteiger partial charge in [0.2, 0.25) is 0 Å². The molecule has 0 unspecified atom stereocenters. The van der Waals surface area contributed by atoms with Crippen molar-refractivity contribution < 1.29 is 18.6 Å². The first-order valence-electron chi connectivity index (χ1n) is 9.65. The van der Waals surface area contributed by atoms with Crippen LogP contribution in [0, 0.1) is 0 Å². The Morgan fingerprint density at radius 3 is 2.68 bits per heavy atom. The summed E-state index contributed by atoms with van der Waals surface area (Å²) in [6.07, 6.45) is 3.24. The van der Waals surface area contributed by atoms with E-state index in [1.54, 1.807) is 6.20 Å². The largest absolute Gasteiger partial charge is 0.487 e. The second-order valence-corrected chi connectivity index (χ2v) is 7.10. The summed E-state index contributed by atoms with van der Waals surface area (Å²) in [5, 5.41) is 0. The standard InChI is InChI=1S/C21H25N3O4/c1-4-5-14-15(16-7-6-13(11-23-16)20-25-8-9-26-20)10-17(27-12(2)3)19-18(14)24-21(22)28-19/h6-7,10-12,20H,4-5,8-9H2,1-3H3,(H2,22,24). The zero-order valence-electron chi connectivity index (χ0n) is 16.4. The van der Waals surface area contributed by atoms with Crippen molar-refractivity contribution in [3.8, 4) is 17.0 Å². The first kappa shape index (κ1) is 18.7. The average Bonchev–Trinajstić information content (AvgIpc) is 3.33. The van der Waals surface area contributed by atoms with Gasteiger partial charge in [-0.25, -0.2) is 0 Å². The number of nitrogen functional groups attached to an aromatic ring is 1. The van der Waals surface area contributed by atoms with Gasteiger partial charge in [0.05, 0.1) is 25.0 Å². The summed E-state index contributed by atoms with van der Waals surface area (Å²) in [6, 6.07) is 6.07. The summed E-state index contributed by atoms with van der Waals surface area (Å²) in [5.41, 5.74) is 10.9. The van der Waals surface area contributed by atoms with Crippen molar-refractivity contribution in [3.05, 3.63) is 35.5 Å². The van der Waals surface area contributed by atoms with E-state index in [4.69, 9.17) is 24.4 Å². The summed E-state index contributed by atoms with van der Waals surface area (Å²) in [4.78, 5) is 9.09. The molecule has 1 saturated heterocycles. The number of ether oxygens (including phenoxy) is 3. The first-order valence-corrected chi connectivity index (χ1v) is 9.65. The molecule has 0 radical (unpaired) electrons. The number of aromatic nitrogens is 2. The second-order valence-electron chi connectivity index (χ2n) is 7.10. The highest BCUT2D eigenvalue weighted by Gasteiger charge is 2.22. The second kappa shape index (κ2) is 7.77. The van der Waals surface area contributed by atoms with Gasteiger partial charge in [-0.3, -0.25) is 4.98 Å². The molecular formula is C21H25N3O4. The van der Waals surface area contributed by atoms with Gasteiger partial charge < -0.3 is 24.4 Å². The van der Waals surface area contributed by atoms with E-state index in [0.29, 0.717) is 24.5 Å². The molecular weight excluding hydrogens is 358 g/mol. The van der Waals surface area contributed by atoms with Crippen LogP contribution >= 0.6 is 0 Å². The molecule has 0 amide bonds. The fraction of sp³-hybridized carbons (Fsp3) is 0.429. The van der Waals surface area contributed by atoms with Gasteiger partial charge in [0.25, 0.3) is 6.01 Å². The molecule has 0 atom stereocenters. The molecule has 4 rings (SSSR count). The minimum atomic E-state index is -0.339. The molecule has 2 aromatic heterocycles. The molecule has 0 saturated carbocycles.